The maximum Gasteiger partial charge on any atom is 0.220 e. The molecule has 1 amide bonds. The fraction of sp³-hybridized carbons (Fsp3) is 0.529. The van der Waals surface area contributed by atoms with Crippen molar-refractivity contribution in [3.63, 3.8) is 0 Å². The maximum atomic E-state index is 11.9. The molecule has 3 heterocycles. The van der Waals surface area contributed by atoms with E-state index in [9.17, 15) is 4.79 Å². The first-order valence-electron chi connectivity index (χ1n) is 8.46. The van der Waals surface area contributed by atoms with E-state index in [2.05, 4.69) is 20.3 Å². The Kier molecular flexibility index (Phi) is 5.90. The van der Waals surface area contributed by atoms with E-state index in [-0.39, 0.29) is 12.0 Å². The Bertz CT molecular complexity index is 621. The van der Waals surface area contributed by atoms with E-state index in [0.29, 0.717) is 13.0 Å². The summed E-state index contributed by atoms with van der Waals surface area (Å²) in [6.45, 7) is 2.03. The van der Waals surface area contributed by atoms with Crippen LogP contribution >= 0.6 is 0 Å². The minimum Gasteiger partial charge on any atom is -0.370 e. The molecule has 0 unspecified atom stereocenters. The molecule has 1 atom stereocenters. The quantitative estimate of drug-likeness (QED) is 0.840. The number of carbonyl (C=O) groups is 1. The van der Waals surface area contributed by atoms with Gasteiger partial charge in [0, 0.05) is 56.5 Å². The second kappa shape index (κ2) is 8.54. The number of imidazole rings is 1. The average Bonchev–Trinajstić information content (AvgIpc) is 3.15. The summed E-state index contributed by atoms with van der Waals surface area (Å²) in [6.07, 6.45) is 13.5. The van der Waals surface area contributed by atoms with Crippen molar-refractivity contribution in [2.45, 2.75) is 51.3 Å². The Morgan fingerprint density at radius 1 is 1.33 bits per heavy atom. The van der Waals surface area contributed by atoms with E-state index in [1.165, 1.54) is 0 Å². The van der Waals surface area contributed by atoms with Crippen LogP contribution in [0.2, 0.25) is 0 Å². The van der Waals surface area contributed by atoms with Crippen molar-refractivity contribution < 1.29 is 9.53 Å². The van der Waals surface area contributed by atoms with Crippen LogP contribution in [-0.2, 0) is 22.6 Å². The molecule has 0 aliphatic carbocycles. The van der Waals surface area contributed by atoms with Gasteiger partial charge in [-0.3, -0.25) is 4.79 Å². The topological polar surface area (TPSA) is 81.9 Å². The number of ether oxygens (including phenoxy) is 1. The molecule has 1 saturated heterocycles. The predicted octanol–water partition coefficient (Wildman–Crippen LogP) is 2.01. The summed E-state index contributed by atoms with van der Waals surface area (Å²) in [5.41, 5.74) is 0.900. The van der Waals surface area contributed by atoms with Crippen molar-refractivity contribution in [3.05, 3.63) is 42.5 Å². The third-order valence-corrected chi connectivity index (χ3v) is 4.06. The molecule has 2 aromatic rings. The van der Waals surface area contributed by atoms with Crippen LogP contribution in [-0.4, -0.2) is 32.0 Å². The Labute approximate surface area is 141 Å². The Morgan fingerprint density at radius 2 is 2.21 bits per heavy atom. The first kappa shape index (κ1) is 16.6. The zero-order valence-corrected chi connectivity index (χ0v) is 13.7. The first-order valence-corrected chi connectivity index (χ1v) is 8.46. The van der Waals surface area contributed by atoms with Gasteiger partial charge in [0.15, 0.2) is 5.82 Å². The zero-order chi connectivity index (χ0) is 16.6. The van der Waals surface area contributed by atoms with Gasteiger partial charge in [0.1, 0.15) is 6.10 Å². The van der Waals surface area contributed by atoms with Crippen molar-refractivity contribution in [3.8, 4) is 0 Å². The monoisotopic (exact) mass is 329 g/mol. The van der Waals surface area contributed by atoms with Crippen LogP contribution in [0.1, 0.15) is 49.6 Å². The van der Waals surface area contributed by atoms with E-state index in [0.717, 1.165) is 50.2 Å². The van der Waals surface area contributed by atoms with Crippen LogP contribution in [0.4, 0.5) is 0 Å². The molecule has 0 radical (unpaired) electrons. The minimum absolute atomic E-state index is 0.0190. The molecular formula is C17H23N5O2. The standard InChI is InChI=1S/C17H23N5O2/c23-16(5-3-7-22-8-6-18-13-22)19-10-14-11-20-17(21-12-14)15-4-1-2-9-24-15/h6,8,11-13,15H,1-5,7,9-10H2,(H,19,23)/t15-/m1/s1. The van der Waals surface area contributed by atoms with Gasteiger partial charge < -0.3 is 14.6 Å². The fourth-order valence-electron chi connectivity index (χ4n) is 2.70. The minimum atomic E-state index is 0.0190. The van der Waals surface area contributed by atoms with Gasteiger partial charge in [-0.05, 0) is 25.7 Å². The van der Waals surface area contributed by atoms with Gasteiger partial charge in [0.25, 0.3) is 0 Å². The number of nitrogens with zero attached hydrogens (tertiary/aromatic N) is 4. The molecule has 3 rings (SSSR count). The van der Waals surface area contributed by atoms with Crippen LogP contribution in [0.5, 0.6) is 0 Å². The largest absolute Gasteiger partial charge is 0.370 e. The van der Waals surface area contributed by atoms with Crippen molar-refractivity contribution in [1.29, 1.82) is 0 Å². The Hall–Kier alpha value is -2.28. The summed E-state index contributed by atoms with van der Waals surface area (Å²) in [6, 6.07) is 0. The lowest BCUT2D eigenvalue weighted by atomic mass is 10.1. The number of nitrogens with one attached hydrogen (secondary N) is 1. The molecule has 7 nitrogen and oxygen atoms in total. The number of rotatable bonds is 7. The zero-order valence-electron chi connectivity index (χ0n) is 13.7. The average molecular weight is 329 g/mol. The molecule has 0 bridgehead atoms. The molecule has 1 N–H and O–H groups in total. The summed E-state index contributed by atoms with van der Waals surface area (Å²) >= 11 is 0. The second-order valence-electron chi connectivity index (χ2n) is 5.99. The molecule has 1 aliphatic rings. The van der Waals surface area contributed by atoms with Crippen LogP contribution in [0.3, 0.4) is 0 Å². The molecule has 2 aromatic heterocycles. The molecule has 0 saturated carbocycles. The number of aromatic nitrogens is 4. The van der Waals surface area contributed by atoms with E-state index in [1.54, 1.807) is 24.9 Å². The van der Waals surface area contributed by atoms with Crippen LogP contribution < -0.4 is 5.32 Å². The molecule has 1 aliphatic heterocycles. The van der Waals surface area contributed by atoms with Crippen LogP contribution in [0, 0.1) is 0 Å². The highest BCUT2D eigenvalue weighted by Gasteiger charge is 2.18. The number of hydrogen-bond acceptors (Lipinski definition) is 5. The lowest BCUT2D eigenvalue weighted by molar-refractivity contribution is -0.121. The maximum absolute atomic E-state index is 11.9. The highest BCUT2D eigenvalue weighted by atomic mass is 16.5. The number of amides is 1. The van der Waals surface area contributed by atoms with Gasteiger partial charge in [0.05, 0.1) is 6.33 Å². The number of hydrogen-bond donors (Lipinski definition) is 1. The van der Waals surface area contributed by atoms with Crippen molar-refractivity contribution in [2.75, 3.05) is 6.61 Å². The lowest BCUT2D eigenvalue weighted by Crippen LogP contribution is -2.23. The molecule has 0 aromatic carbocycles. The number of carbonyl (C=O) groups excluding carboxylic acids is 1. The molecule has 128 valence electrons. The van der Waals surface area contributed by atoms with Crippen LogP contribution in [0.15, 0.2) is 31.1 Å². The normalized spacial score (nSPS) is 17.6. The smallest absolute Gasteiger partial charge is 0.220 e. The summed E-state index contributed by atoms with van der Waals surface area (Å²) in [4.78, 5) is 24.6. The van der Waals surface area contributed by atoms with Gasteiger partial charge in [-0.15, -0.1) is 0 Å². The molecular weight excluding hydrogens is 306 g/mol. The van der Waals surface area contributed by atoms with Crippen molar-refractivity contribution in [1.82, 2.24) is 24.8 Å². The predicted molar refractivity (Wildman–Crippen MR) is 87.9 cm³/mol. The third-order valence-electron chi connectivity index (χ3n) is 4.06. The van der Waals surface area contributed by atoms with Gasteiger partial charge >= 0.3 is 0 Å². The van der Waals surface area contributed by atoms with E-state index in [4.69, 9.17) is 4.74 Å². The summed E-state index contributed by atoms with van der Waals surface area (Å²) < 4.78 is 7.64. The van der Waals surface area contributed by atoms with Crippen LogP contribution in [0.25, 0.3) is 0 Å². The van der Waals surface area contributed by atoms with Crippen molar-refractivity contribution >= 4 is 5.91 Å². The highest BCUT2D eigenvalue weighted by Crippen LogP contribution is 2.24. The van der Waals surface area contributed by atoms with Crippen molar-refractivity contribution in [2.24, 2.45) is 0 Å². The van der Waals surface area contributed by atoms with Gasteiger partial charge in [-0.25, -0.2) is 15.0 Å². The third kappa shape index (κ3) is 4.86. The van der Waals surface area contributed by atoms with Gasteiger partial charge in [-0.2, -0.15) is 0 Å². The lowest BCUT2D eigenvalue weighted by Gasteiger charge is -2.21. The molecule has 1 fully saturated rings. The fourth-order valence-corrected chi connectivity index (χ4v) is 2.70. The Morgan fingerprint density at radius 3 is 2.92 bits per heavy atom. The Balaban J connectivity index is 1.38. The van der Waals surface area contributed by atoms with E-state index < -0.39 is 0 Å². The summed E-state index contributed by atoms with van der Waals surface area (Å²) in [5, 5.41) is 2.90. The number of aryl methyl sites for hydroxylation is 1. The molecule has 0 spiro atoms. The highest BCUT2D eigenvalue weighted by molar-refractivity contribution is 5.75. The first-order chi connectivity index (χ1) is 11.8. The van der Waals surface area contributed by atoms with Gasteiger partial charge in [0.2, 0.25) is 5.91 Å². The molecule has 7 heteroatoms. The van der Waals surface area contributed by atoms with E-state index in [1.807, 2.05) is 10.8 Å². The summed E-state index contributed by atoms with van der Waals surface area (Å²) in [5.74, 6) is 0.778. The van der Waals surface area contributed by atoms with E-state index >= 15 is 0 Å². The second-order valence-corrected chi connectivity index (χ2v) is 5.99. The summed E-state index contributed by atoms with van der Waals surface area (Å²) in [7, 11) is 0. The SMILES string of the molecule is O=C(CCCn1ccnc1)NCc1cnc([C@H]2CCCCO2)nc1. The van der Waals surface area contributed by atoms with Gasteiger partial charge in [-0.1, -0.05) is 0 Å². The molecule has 24 heavy (non-hydrogen) atoms.